The van der Waals surface area contributed by atoms with E-state index in [-0.39, 0.29) is 6.10 Å². The van der Waals surface area contributed by atoms with Crippen molar-refractivity contribution in [3.05, 3.63) is 0 Å². The second-order valence-corrected chi connectivity index (χ2v) is 4.91. The van der Waals surface area contributed by atoms with E-state index in [1.54, 1.807) is 0 Å². The number of rotatable bonds is 4. The Morgan fingerprint density at radius 1 is 1.43 bits per heavy atom. The van der Waals surface area contributed by atoms with Crippen molar-refractivity contribution < 1.29 is 5.11 Å². The van der Waals surface area contributed by atoms with Crippen LogP contribution in [-0.2, 0) is 0 Å². The van der Waals surface area contributed by atoms with Crippen molar-refractivity contribution >= 4 is 0 Å². The van der Waals surface area contributed by atoms with E-state index in [9.17, 15) is 5.11 Å². The smallest absolute Gasteiger partial charge is 0.0524 e. The van der Waals surface area contributed by atoms with Crippen LogP contribution in [0.25, 0.3) is 0 Å². The van der Waals surface area contributed by atoms with Crippen LogP contribution in [0.1, 0.15) is 20.3 Å². The lowest BCUT2D eigenvalue weighted by Gasteiger charge is -2.22. The topological polar surface area (TPSA) is 26.7 Å². The van der Waals surface area contributed by atoms with E-state index in [1.807, 2.05) is 6.92 Å². The summed E-state index contributed by atoms with van der Waals surface area (Å²) in [5.74, 6) is 0.749. The number of aliphatic hydroxyl groups excluding tert-OH is 1. The van der Waals surface area contributed by atoms with Gasteiger partial charge in [0.15, 0.2) is 0 Å². The molecule has 0 bridgehead atoms. The molecule has 3 atom stereocenters. The van der Waals surface area contributed by atoms with Crippen LogP contribution in [0.4, 0.5) is 0 Å². The molecule has 1 aliphatic heterocycles. The third-order valence-electron chi connectivity index (χ3n) is 3.17. The predicted octanol–water partition coefficient (Wildman–Crippen LogP) is 0.639. The molecule has 3 heteroatoms. The third-order valence-corrected chi connectivity index (χ3v) is 3.17. The van der Waals surface area contributed by atoms with Crippen molar-refractivity contribution in [2.45, 2.75) is 32.4 Å². The van der Waals surface area contributed by atoms with Gasteiger partial charge in [-0.05, 0) is 33.4 Å². The van der Waals surface area contributed by atoms with E-state index in [1.165, 1.54) is 6.54 Å². The maximum atomic E-state index is 9.22. The Morgan fingerprint density at radius 3 is 2.50 bits per heavy atom. The number of nitrogens with zero attached hydrogens (tertiary/aromatic N) is 2. The van der Waals surface area contributed by atoms with Crippen LogP contribution in [0.2, 0.25) is 0 Å². The molecule has 3 unspecified atom stereocenters. The minimum atomic E-state index is -0.163. The second kappa shape index (κ2) is 5.10. The van der Waals surface area contributed by atoms with Crippen LogP contribution < -0.4 is 0 Å². The highest BCUT2D eigenvalue weighted by molar-refractivity contribution is 4.86. The summed E-state index contributed by atoms with van der Waals surface area (Å²) in [7, 11) is 4.30. The molecule has 3 nitrogen and oxygen atoms in total. The average molecular weight is 200 g/mol. The molecule has 1 fully saturated rings. The highest BCUT2D eigenvalue weighted by atomic mass is 16.3. The molecule has 0 aromatic rings. The highest BCUT2D eigenvalue weighted by Gasteiger charge is 2.30. The summed E-state index contributed by atoms with van der Waals surface area (Å²) in [5, 5.41) is 9.22. The monoisotopic (exact) mass is 200 g/mol. The normalized spacial score (nSPS) is 31.3. The fourth-order valence-corrected chi connectivity index (χ4v) is 2.27. The summed E-state index contributed by atoms with van der Waals surface area (Å²) in [6.07, 6.45) is 0.732. The molecule has 0 radical (unpaired) electrons. The molecule has 0 aliphatic carbocycles. The largest absolute Gasteiger partial charge is 0.393 e. The Bertz CT molecular complexity index is 171. The van der Waals surface area contributed by atoms with E-state index >= 15 is 0 Å². The van der Waals surface area contributed by atoms with Gasteiger partial charge in [-0.1, -0.05) is 6.92 Å². The van der Waals surface area contributed by atoms with Gasteiger partial charge in [-0.3, -0.25) is 0 Å². The molecule has 1 rings (SSSR count). The lowest BCUT2D eigenvalue weighted by atomic mass is 10.1. The first-order chi connectivity index (χ1) is 6.50. The number of likely N-dealkylation sites (tertiary alicyclic amines) is 1. The zero-order valence-corrected chi connectivity index (χ0v) is 9.90. The Labute approximate surface area is 87.7 Å². The van der Waals surface area contributed by atoms with E-state index < -0.39 is 0 Å². The Morgan fingerprint density at radius 2 is 2.07 bits per heavy atom. The van der Waals surface area contributed by atoms with Gasteiger partial charge < -0.3 is 14.9 Å². The van der Waals surface area contributed by atoms with Crippen molar-refractivity contribution in [3.63, 3.8) is 0 Å². The van der Waals surface area contributed by atoms with Gasteiger partial charge in [-0.2, -0.15) is 0 Å². The lowest BCUT2D eigenvalue weighted by molar-refractivity contribution is 0.161. The van der Waals surface area contributed by atoms with E-state index in [4.69, 9.17) is 0 Å². The van der Waals surface area contributed by atoms with Crippen molar-refractivity contribution in [3.8, 4) is 0 Å². The Kier molecular flexibility index (Phi) is 4.35. The molecule has 84 valence electrons. The molecule has 0 aromatic heterocycles. The van der Waals surface area contributed by atoms with Crippen LogP contribution in [0.5, 0.6) is 0 Å². The standard InChI is InChI=1S/C11H24N2O/c1-9-7-13(6-5-10(2)14)8-11(9)12(3)4/h9-11,14H,5-8H2,1-4H3. The maximum Gasteiger partial charge on any atom is 0.0524 e. The van der Waals surface area contributed by atoms with Gasteiger partial charge in [0.1, 0.15) is 0 Å². The van der Waals surface area contributed by atoms with Crippen LogP contribution >= 0.6 is 0 Å². The molecule has 1 saturated heterocycles. The van der Waals surface area contributed by atoms with Gasteiger partial charge in [0.05, 0.1) is 6.10 Å². The molecule has 0 saturated carbocycles. The number of aliphatic hydroxyl groups is 1. The summed E-state index contributed by atoms with van der Waals surface area (Å²) in [4.78, 5) is 4.77. The van der Waals surface area contributed by atoms with Crippen molar-refractivity contribution in [1.82, 2.24) is 9.80 Å². The molecule has 0 amide bonds. The van der Waals surface area contributed by atoms with Crippen molar-refractivity contribution in [2.75, 3.05) is 33.7 Å². The van der Waals surface area contributed by atoms with Crippen LogP contribution in [0.15, 0.2) is 0 Å². The molecule has 1 N–H and O–H groups in total. The summed E-state index contributed by atoms with van der Waals surface area (Å²) in [6, 6.07) is 0.684. The second-order valence-electron chi connectivity index (χ2n) is 4.91. The fourth-order valence-electron chi connectivity index (χ4n) is 2.27. The minimum Gasteiger partial charge on any atom is -0.393 e. The molecule has 0 spiro atoms. The molecule has 1 heterocycles. The van der Waals surface area contributed by atoms with Gasteiger partial charge in [0.2, 0.25) is 0 Å². The van der Waals surface area contributed by atoms with Gasteiger partial charge in [-0.25, -0.2) is 0 Å². The third kappa shape index (κ3) is 3.23. The van der Waals surface area contributed by atoms with Crippen molar-refractivity contribution in [1.29, 1.82) is 0 Å². The van der Waals surface area contributed by atoms with Gasteiger partial charge in [0, 0.05) is 25.7 Å². The SMILES string of the molecule is CC(O)CCN1CC(C)C(N(C)C)C1. The summed E-state index contributed by atoms with van der Waals surface area (Å²) in [6.45, 7) is 7.54. The molecule has 1 aliphatic rings. The molecule has 0 aromatic carbocycles. The summed E-state index contributed by atoms with van der Waals surface area (Å²) in [5.41, 5.74) is 0. The van der Waals surface area contributed by atoms with E-state index in [2.05, 4.69) is 30.8 Å². The predicted molar refractivity (Wildman–Crippen MR) is 59.4 cm³/mol. The lowest BCUT2D eigenvalue weighted by Crippen LogP contribution is -2.34. The zero-order chi connectivity index (χ0) is 10.7. The Hall–Kier alpha value is -0.120. The summed E-state index contributed by atoms with van der Waals surface area (Å²) >= 11 is 0. The zero-order valence-electron chi connectivity index (χ0n) is 9.90. The molecule has 14 heavy (non-hydrogen) atoms. The minimum absolute atomic E-state index is 0.163. The average Bonchev–Trinajstić information content (AvgIpc) is 2.43. The van der Waals surface area contributed by atoms with Gasteiger partial charge in [0.25, 0.3) is 0 Å². The maximum absolute atomic E-state index is 9.22. The quantitative estimate of drug-likeness (QED) is 0.721. The highest BCUT2D eigenvalue weighted by Crippen LogP contribution is 2.19. The van der Waals surface area contributed by atoms with E-state index in [0.717, 1.165) is 25.4 Å². The Balaban J connectivity index is 2.31. The van der Waals surface area contributed by atoms with Gasteiger partial charge >= 0.3 is 0 Å². The first-order valence-electron chi connectivity index (χ1n) is 5.57. The van der Waals surface area contributed by atoms with E-state index in [0.29, 0.717) is 6.04 Å². The first kappa shape index (κ1) is 12.0. The summed E-state index contributed by atoms with van der Waals surface area (Å²) < 4.78 is 0. The molecular weight excluding hydrogens is 176 g/mol. The van der Waals surface area contributed by atoms with Crippen LogP contribution in [-0.4, -0.2) is 60.8 Å². The number of hydrogen-bond acceptors (Lipinski definition) is 3. The van der Waals surface area contributed by atoms with Crippen LogP contribution in [0.3, 0.4) is 0 Å². The number of hydrogen-bond donors (Lipinski definition) is 1. The first-order valence-corrected chi connectivity index (χ1v) is 5.57. The van der Waals surface area contributed by atoms with Gasteiger partial charge in [-0.15, -0.1) is 0 Å². The van der Waals surface area contributed by atoms with Crippen LogP contribution in [0, 0.1) is 5.92 Å². The van der Waals surface area contributed by atoms with Crippen molar-refractivity contribution in [2.24, 2.45) is 5.92 Å². The number of likely N-dealkylation sites (N-methyl/N-ethyl adjacent to an activating group) is 1. The fraction of sp³-hybridized carbons (Fsp3) is 1.00. The molecular formula is C11H24N2O.